The van der Waals surface area contributed by atoms with E-state index in [0.717, 1.165) is 19.6 Å². The van der Waals surface area contributed by atoms with E-state index in [1.54, 1.807) is 35.2 Å². The molecule has 0 aromatic heterocycles. The van der Waals surface area contributed by atoms with Crippen LogP contribution in [0.1, 0.15) is 44.7 Å². The lowest BCUT2D eigenvalue weighted by Gasteiger charge is -2.29. The van der Waals surface area contributed by atoms with Crippen molar-refractivity contribution >= 4 is 23.2 Å². The van der Waals surface area contributed by atoms with Crippen LogP contribution < -0.4 is 4.90 Å². The monoisotopic (exact) mass is 424 g/mol. The third-order valence-corrected chi connectivity index (χ3v) is 6.05. The Morgan fingerprint density at radius 2 is 1.70 bits per heavy atom. The lowest BCUT2D eigenvalue weighted by molar-refractivity contribution is -0.132. The van der Waals surface area contributed by atoms with Crippen LogP contribution in [0.4, 0.5) is 5.69 Å². The number of nitrogens with zero attached hydrogens (tertiary/aromatic N) is 2. The second kappa shape index (κ2) is 9.66. The molecule has 1 N–H and O–H groups in total. The Balaban J connectivity index is 2.08. The van der Waals surface area contributed by atoms with Gasteiger partial charge in [-0.05, 0) is 31.6 Å². The molecule has 1 amide bonds. The van der Waals surface area contributed by atoms with Crippen molar-refractivity contribution in [3.8, 4) is 11.8 Å². The van der Waals surface area contributed by atoms with Gasteiger partial charge in [-0.25, -0.2) is 0 Å². The second-order valence-corrected chi connectivity index (χ2v) is 7.80. The van der Waals surface area contributed by atoms with Crippen LogP contribution in [0.25, 0.3) is 0 Å². The molecule has 2 unspecified atom stereocenters. The molecule has 1 heterocycles. The average Bonchev–Trinajstić information content (AvgIpc) is 2.99. The predicted molar refractivity (Wildman–Crippen MR) is 123 cm³/mol. The number of aliphatic hydroxyl groups is 1. The summed E-state index contributed by atoms with van der Waals surface area (Å²) < 4.78 is 0. The Hall–Kier alpha value is -2.32. The van der Waals surface area contributed by atoms with Gasteiger partial charge in [-0.3, -0.25) is 9.69 Å². The summed E-state index contributed by atoms with van der Waals surface area (Å²) in [5, 5.41) is 12.1. The summed E-state index contributed by atoms with van der Waals surface area (Å²) in [7, 11) is 0. The van der Waals surface area contributed by atoms with Gasteiger partial charge in [0.05, 0.1) is 11.7 Å². The number of amides is 1. The van der Waals surface area contributed by atoms with Gasteiger partial charge in [-0.2, -0.15) is 0 Å². The Morgan fingerprint density at radius 3 is 2.33 bits per heavy atom. The van der Waals surface area contributed by atoms with Gasteiger partial charge < -0.3 is 10.0 Å². The number of benzene rings is 2. The molecule has 1 aliphatic heterocycles. The third-order valence-electron chi connectivity index (χ3n) is 5.72. The first-order valence-corrected chi connectivity index (χ1v) is 11.0. The highest BCUT2D eigenvalue weighted by molar-refractivity contribution is 6.32. The fourth-order valence-corrected chi connectivity index (χ4v) is 4.32. The second-order valence-electron chi connectivity index (χ2n) is 7.39. The van der Waals surface area contributed by atoms with Crippen molar-refractivity contribution in [1.82, 2.24) is 4.90 Å². The molecule has 0 saturated carbocycles. The first-order chi connectivity index (χ1) is 14.5. The zero-order chi connectivity index (χ0) is 21.7. The van der Waals surface area contributed by atoms with E-state index in [1.807, 2.05) is 25.1 Å². The molecule has 5 heteroatoms. The van der Waals surface area contributed by atoms with Crippen molar-refractivity contribution in [3.63, 3.8) is 0 Å². The van der Waals surface area contributed by atoms with Crippen molar-refractivity contribution in [3.05, 3.63) is 64.7 Å². The molecule has 0 aliphatic carbocycles. The molecule has 30 heavy (non-hydrogen) atoms. The maximum absolute atomic E-state index is 13.8. The molecule has 4 nitrogen and oxygen atoms in total. The molecule has 2 aromatic rings. The molecule has 1 aliphatic rings. The summed E-state index contributed by atoms with van der Waals surface area (Å²) in [4.78, 5) is 17.7. The fraction of sp³-hybridized carbons (Fsp3) is 0.400. The van der Waals surface area contributed by atoms with Gasteiger partial charge in [-0.15, -0.1) is 5.92 Å². The number of para-hydroxylation sites is 1. The summed E-state index contributed by atoms with van der Waals surface area (Å²) in [5.74, 6) is 6.02. The van der Waals surface area contributed by atoms with E-state index in [-0.39, 0.29) is 6.04 Å². The van der Waals surface area contributed by atoms with E-state index in [4.69, 9.17) is 11.6 Å². The van der Waals surface area contributed by atoms with Gasteiger partial charge in [0.15, 0.2) is 5.60 Å². The molecule has 0 spiro atoms. The highest BCUT2D eigenvalue weighted by Crippen LogP contribution is 2.47. The molecule has 3 rings (SSSR count). The van der Waals surface area contributed by atoms with Crippen LogP contribution in [0.15, 0.2) is 48.5 Å². The molecule has 0 fully saturated rings. The van der Waals surface area contributed by atoms with Crippen molar-refractivity contribution in [2.24, 2.45) is 0 Å². The smallest absolute Gasteiger partial charge is 0.269 e. The Morgan fingerprint density at radius 1 is 1.07 bits per heavy atom. The van der Waals surface area contributed by atoms with Crippen molar-refractivity contribution in [2.45, 2.75) is 45.3 Å². The predicted octanol–water partition coefficient (Wildman–Crippen LogP) is 4.44. The van der Waals surface area contributed by atoms with Gasteiger partial charge >= 0.3 is 0 Å². The molecule has 2 aromatic carbocycles. The van der Waals surface area contributed by atoms with Crippen molar-refractivity contribution < 1.29 is 9.90 Å². The van der Waals surface area contributed by atoms with E-state index in [2.05, 4.69) is 30.6 Å². The van der Waals surface area contributed by atoms with E-state index in [1.165, 1.54) is 0 Å². The minimum absolute atomic E-state index is 0.323. The molecule has 158 valence electrons. The summed E-state index contributed by atoms with van der Waals surface area (Å²) in [6, 6.07) is 14.0. The van der Waals surface area contributed by atoms with Crippen LogP contribution in [0.5, 0.6) is 0 Å². The molecule has 0 radical (unpaired) electrons. The number of hydrogen-bond acceptors (Lipinski definition) is 3. The molecular weight excluding hydrogens is 396 g/mol. The SMILES string of the molecule is CCC#CC(CCN(CC)CC)N1C(=O)C(O)(c2ccccc2Cl)c2ccccc21. The fourth-order valence-electron chi connectivity index (χ4n) is 4.04. The highest BCUT2D eigenvalue weighted by atomic mass is 35.5. The van der Waals surface area contributed by atoms with Crippen molar-refractivity contribution in [1.29, 1.82) is 0 Å². The maximum atomic E-state index is 13.8. The summed E-state index contributed by atoms with van der Waals surface area (Å²) >= 11 is 6.41. The normalized spacial score (nSPS) is 18.9. The lowest BCUT2D eigenvalue weighted by Crippen LogP contribution is -2.46. The van der Waals surface area contributed by atoms with Crippen LogP contribution in [0.3, 0.4) is 0 Å². The number of rotatable bonds is 7. The van der Waals surface area contributed by atoms with E-state index in [0.29, 0.717) is 34.7 Å². The Labute approximate surface area is 184 Å². The number of anilines is 1. The van der Waals surface area contributed by atoms with Gasteiger partial charge in [0.2, 0.25) is 0 Å². The average molecular weight is 425 g/mol. The number of carbonyl (C=O) groups is 1. The topological polar surface area (TPSA) is 43.8 Å². The van der Waals surface area contributed by atoms with Crippen LogP contribution in [0, 0.1) is 11.8 Å². The molecule has 0 saturated heterocycles. The van der Waals surface area contributed by atoms with Gasteiger partial charge in [0.1, 0.15) is 0 Å². The van der Waals surface area contributed by atoms with Crippen LogP contribution in [-0.4, -0.2) is 41.6 Å². The summed E-state index contributed by atoms with van der Waals surface area (Å²) in [6.45, 7) is 8.96. The maximum Gasteiger partial charge on any atom is 0.269 e. The Kier molecular flexibility index (Phi) is 7.20. The summed E-state index contributed by atoms with van der Waals surface area (Å²) in [6.07, 6.45) is 1.41. The zero-order valence-electron chi connectivity index (χ0n) is 17.9. The summed E-state index contributed by atoms with van der Waals surface area (Å²) in [5.41, 5.74) is -0.178. The zero-order valence-corrected chi connectivity index (χ0v) is 18.6. The highest BCUT2D eigenvalue weighted by Gasteiger charge is 2.53. The van der Waals surface area contributed by atoms with Gasteiger partial charge in [0, 0.05) is 29.1 Å². The van der Waals surface area contributed by atoms with Crippen LogP contribution >= 0.6 is 11.6 Å². The molecule has 2 atom stereocenters. The number of carbonyl (C=O) groups excluding carboxylic acids is 1. The van der Waals surface area contributed by atoms with E-state index < -0.39 is 11.5 Å². The third kappa shape index (κ3) is 3.98. The van der Waals surface area contributed by atoms with Crippen LogP contribution in [-0.2, 0) is 10.4 Å². The number of halogens is 1. The lowest BCUT2D eigenvalue weighted by atomic mass is 9.87. The minimum atomic E-state index is -1.82. The molecule has 0 bridgehead atoms. The number of fused-ring (bicyclic) bond motifs is 1. The van der Waals surface area contributed by atoms with E-state index >= 15 is 0 Å². The van der Waals surface area contributed by atoms with Crippen LogP contribution in [0.2, 0.25) is 5.02 Å². The molecular formula is C25H29ClN2O2. The quantitative estimate of drug-likeness (QED) is 0.668. The largest absolute Gasteiger partial charge is 0.372 e. The van der Waals surface area contributed by atoms with Gasteiger partial charge in [-0.1, -0.05) is 74.7 Å². The van der Waals surface area contributed by atoms with E-state index in [9.17, 15) is 9.90 Å². The Bertz CT molecular complexity index is 961. The van der Waals surface area contributed by atoms with Gasteiger partial charge in [0.25, 0.3) is 5.91 Å². The minimum Gasteiger partial charge on any atom is -0.372 e. The first-order valence-electron chi connectivity index (χ1n) is 10.6. The first kappa shape index (κ1) is 22.4. The number of hydrogen-bond donors (Lipinski definition) is 1. The van der Waals surface area contributed by atoms with Crippen molar-refractivity contribution in [2.75, 3.05) is 24.5 Å². The standard InChI is InChI=1S/C25H29ClN2O2/c1-4-7-12-19(17-18-27(5-2)6-3)28-23-16-11-9-14-21(23)25(30,24(28)29)20-13-8-10-15-22(20)26/h8-11,13-16,19,30H,4-6,17-18H2,1-3H3.